The van der Waals surface area contributed by atoms with E-state index in [2.05, 4.69) is 15.3 Å². The summed E-state index contributed by atoms with van der Waals surface area (Å²) in [7, 11) is 1.80. The Labute approximate surface area is 148 Å². The first kappa shape index (κ1) is 16.7. The fourth-order valence-corrected chi connectivity index (χ4v) is 3.85. The highest BCUT2D eigenvalue weighted by atomic mass is 32.2. The fraction of sp³-hybridized carbons (Fsp3) is 0.250. The molecule has 6 nitrogen and oxygen atoms in total. The summed E-state index contributed by atoms with van der Waals surface area (Å²) < 4.78 is 2.64. The second kappa shape index (κ2) is 7.59. The standard InChI is InChI=1S/C16H17N5OS2/c1-12-18-19-16(24-12)23-11-15(22)20(2)9-13-8-17-21(10-13)14-6-4-3-5-7-14/h3-8,10H,9,11H2,1-2H3. The average Bonchev–Trinajstić information content (AvgIpc) is 3.22. The van der Waals surface area contributed by atoms with Crippen molar-refractivity contribution < 1.29 is 4.79 Å². The number of amides is 1. The minimum atomic E-state index is 0.0558. The molecule has 0 aliphatic heterocycles. The van der Waals surface area contributed by atoms with E-state index in [9.17, 15) is 4.79 Å². The zero-order chi connectivity index (χ0) is 16.9. The van der Waals surface area contributed by atoms with Crippen LogP contribution in [0.3, 0.4) is 0 Å². The molecule has 0 unspecified atom stereocenters. The molecule has 3 aromatic rings. The zero-order valence-corrected chi connectivity index (χ0v) is 15.0. The molecule has 2 aromatic heterocycles. The first-order valence-corrected chi connectivity index (χ1v) is 9.18. The Hall–Kier alpha value is -2.19. The number of hydrogen-bond acceptors (Lipinski definition) is 6. The van der Waals surface area contributed by atoms with Crippen LogP contribution in [-0.4, -0.2) is 43.6 Å². The van der Waals surface area contributed by atoms with E-state index in [1.807, 2.05) is 48.1 Å². The van der Waals surface area contributed by atoms with Crippen LogP contribution in [0.2, 0.25) is 0 Å². The monoisotopic (exact) mass is 359 g/mol. The Bertz CT molecular complexity index is 815. The third-order valence-corrected chi connectivity index (χ3v) is 5.29. The van der Waals surface area contributed by atoms with E-state index < -0.39 is 0 Å². The molecule has 0 saturated heterocycles. The first-order chi connectivity index (χ1) is 11.6. The Balaban J connectivity index is 1.55. The van der Waals surface area contributed by atoms with Gasteiger partial charge in [0.25, 0.3) is 0 Å². The summed E-state index contributed by atoms with van der Waals surface area (Å²) in [4.78, 5) is 13.9. The summed E-state index contributed by atoms with van der Waals surface area (Å²) in [6, 6.07) is 9.90. The molecule has 0 aliphatic carbocycles. The summed E-state index contributed by atoms with van der Waals surface area (Å²) in [6.07, 6.45) is 3.73. The molecule has 0 aliphatic rings. The van der Waals surface area contributed by atoms with E-state index in [-0.39, 0.29) is 5.91 Å². The second-order valence-electron chi connectivity index (χ2n) is 5.25. The lowest BCUT2D eigenvalue weighted by Crippen LogP contribution is -2.27. The summed E-state index contributed by atoms with van der Waals surface area (Å²) in [6.45, 7) is 2.43. The predicted octanol–water partition coefficient (Wildman–Crippen LogP) is 2.78. The van der Waals surface area contributed by atoms with E-state index in [0.717, 1.165) is 20.6 Å². The minimum Gasteiger partial charge on any atom is -0.341 e. The molecule has 0 fully saturated rings. The van der Waals surface area contributed by atoms with Crippen molar-refractivity contribution in [3.63, 3.8) is 0 Å². The molecule has 0 atom stereocenters. The normalized spacial score (nSPS) is 10.8. The van der Waals surface area contributed by atoms with Crippen molar-refractivity contribution in [1.29, 1.82) is 0 Å². The van der Waals surface area contributed by atoms with Gasteiger partial charge in [-0.05, 0) is 19.1 Å². The molecule has 0 spiro atoms. The number of carbonyl (C=O) groups is 1. The quantitative estimate of drug-likeness (QED) is 0.633. The van der Waals surface area contributed by atoms with Gasteiger partial charge in [-0.3, -0.25) is 4.79 Å². The first-order valence-electron chi connectivity index (χ1n) is 7.37. The SMILES string of the molecule is Cc1nnc(SCC(=O)N(C)Cc2cnn(-c3ccccc3)c2)s1. The van der Waals surface area contributed by atoms with Gasteiger partial charge >= 0.3 is 0 Å². The molecule has 0 N–H and O–H groups in total. The van der Waals surface area contributed by atoms with Gasteiger partial charge < -0.3 is 4.90 Å². The minimum absolute atomic E-state index is 0.0558. The largest absolute Gasteiger partial charge is 0.341 e. The Morgan fingerprint density at radius 2 is 2.08 bits per heavy atom. The van der Waals surface area contributed by atoms with Crippen LogP contribution in [0.4, 0.5) is 0 Å². The van der Waals surface area contributed by atoms with Gasteiger partial charge in [0.1, 0.15) is 5.01 Å². The van der Waals surface area contributed by atoms with E-state index in [4.69, 9.17) is 0 Å². The van der Waals surface area contributed by atoms with E-state index in [1.165, 1.54) is 23.1 Å². The summed E-state index contributed by atoms with van der Waals surface area (Å²) >= 11 is 2.93. The maximum atomic E-state index is 12.2. The topological polar surface area (TPSA) is 63.9 Å². The molecule has 124 valence electrons. The van der Waals surface area contributed by atoms with Gasteiger partial charge in [-0.2, -0.15) is 5.10 Å². The number of aryl methyl sites for hydroxylation is 1. The number of aromatic nitrogens is 4. The highest BCUT2D eigenvalue weighted by Gasteiger charge is 2.12. The molecule has 1 amide bonds. The third kappa shape index (κ3) is 4.21. The molecule has 1 aromatic carbocycles. The maximum Gasteiger partial charge on any atom is 0.233 e. The van der Waals surface area contributed by atoms with E-state index in [1.54, 1.807) is 18.1 Å². The van der Waals surface area contributed by atoms with Crippen LogP contribution in [0, 0.1) is 6.92 Å². The number of hydrogen-bond donors (Lipinski definition) is 0. The number of rotatable bonds is 6. The van der Waals surface area contributed by atoms with Crippen molar-refractivity contribution in [2.45, 2.75) is 17.8 Å². The average molecular weight is 359 g/mol. The van der Waals surface area contributed by atoms with Gasteiger partial charge in [0, 0.05) is 25.4 Å². The summed E-state index contributed by atoms with van der Waals surface area (Å²) in [5.74, 6) is 0.415. The van der Waals surface area contributed by atoms with Crippen molar-refractivity contribution in [2.24, 2.45) is 0 Å². The van der Waals surface area contributed by atoms with E-state index >= 15 is 0 Å². The molecular weight excluding hydrogens is 342 g/mol. The number of benzene rings is 1. The smallest absolute Gasteiger partial charge is 0.233 e. The van der Waals surface area contributed by atoms with Crippen LogP contribution < -0.4 is 0 Å². The molecule has 0 bridgehead atoms. The molecule has 2 heterocycles. The number of carbonyl (C=O) groups excluding carboxylic acids is 1. The molecule has 0 saturated carbocycles. The highest BCUT2D eigenvalue weighted by Crippen LogP contribution is 2.22. The molecule has 24 heavy (non-hydrogen) atoms. The van der Waals surface area contributed by atoms with Crippen LogP contribution in [0.1, 0.15) is 10.6 Å². The van der Waals surface area contributed by atoms with Crippen LogP contribution in [0.25, 0.3) is 5.69 Å². The highest BCUT2D eigenvalue weighted by molar-refractivity contribution is 8.01. The van der Waals surface area contributed by atoms with Gasteiger partial charge in [-0.15, -0.1) is 10.2 Å². The lowest BCUT2D eigenvalue weighted by Gasteiger charge is -2.15. The van der Waals surface area contributed by atoms with Crippen LogP contribution in [0.15, 0.2) is 47.1 Å². The molecular formula is C16H17N5OS2. The lowest BCUT2D eigenvalue weighted by molar-refractivity contribution is -0.127. The molecule has 0 radical (unpaired) electrons. The van der Waals surface area contributed by atoms with Crippen molar-refractivity contribution in [3.05, 3.63) is 53.3 Å². The lowest BCUT2D eigenvalue weighted by atomic mass is 10.3. The second-order valence-corrected chi connectivity index (χ2v) is 7.66. The van der Waals surface area contributed by atoms with Crippen molar-refractivity contribution in [2.75, 3.05) is 12.8 Å². The van der Waals surface area contributed by atoms with Crippen LogP contribution >= 0.6 is 23.1 Å². The molecule has 8 heteroatoms. The summed E-state index contributed by atoms with van der Waals surface area (Å²) in [5.41, 5.74) is 1.99. The summed E-state index contributed by atoms with van der Waals surface area (Å²) in [5, 5.41) is 13.2. The number of thioether (sulfide) groups is 1. The van der Waals surface area contributed by atoms with Gasteiger partial charge in [0.2, 0.25) is 5.91 Å². The zero-order valence-electron chi connectivity index (χ0n) is 13.4. The van der Waals surface area contributed by atoms with Gasteiger partial charge in [0.05, 0.1) is 17.6 Å². The predicted molar refractivity (Wildman–Crippen MR) is 95.4 cm³/mol. The Kier molecular flexibility index (Phi) is 5.27. The maximum absolute atomic E-state index is 12.2. The van der Waals surface area contributed by atoms with Gasteiger partial charge in [0.15, 0.2) is 4.34 Å². The van der Waals surface area contributed by atoms with Gasteiger partial charge in [-0.1, -0.05) is 41.3 Å². The van der Waals surface area contributed by atoms with Gasteiger partial charge in [-0.25, -0.2) is 4.68 Å². The van der Waals surface area contributed by atoms with Crippen LogP contribution in [0.5, 0.6) is 0 Å². The fourth-order valence-electron chi connectivity index (χ4n) is 2.10. The van der Waals surface area contributed by atoms with E-state index in [0.29, 0.717) is 12.3 Å². The third-order valence-electron chi connectivity index (χ3n) is 3.33. The van der Waals surface area contributed by atoms with Crippen molar-refractivity contribution >= 4 is 29.0 Å². The van der Waals surface area contributed by atoms with Crippen molar-refractivity contribution in [1.82, 2.24) is 24.9 Å². The van der Waals surface area contributed by atoms with Crippen molar-refractivity contribution in [3.8, 4) is 5.69 Å². The number of nitrogens with zero attached hydrogens (tertiary/aromatic N) is 5. The Morgan fingerprint density at radius 1 is 1.29 bits per heavy atom. The molecule has 3 rings (SSSR count). The Morgan fingerprint density at radius 3 is 2.79 bits per heavy atom. The number of para-hydroxylation sites is 1. The van der Waals surface area contributed by atoms with Crippen LogP contribution in [-0.2, 0) is 11.3 Å².